The van der Waals surface area contributed by atoms with Gasteiger partial charge in [-0.05, 0) is 73.5 Å². The Labute approximate surface area is 224 Å². The molecular weight excluding hydrogens is 501 g/mol. The van der Waals surface area contributed by atoms with E-state index < -0.39 is 6.04 Å². The average molecular weight is 526 g/mol. The molecule has 1 N–H and O–H groups in total. The Morgan fingerprint density at radius 2 is 1.82 bits per heavy atom. The van der Waals surface area contributed by atoms with Crippen molar-refractivity contribution in [3.05, 3.63) is 130 Å². The number of para-hydroxylation sites is 1. The van der Waals surface area contributed by atoms with Crippen molar-refractivity contribution in [3.63, 3.8) is 0 Å². The van der Waals surface area contributed by atoms with Gasteiger partial charge in [-0.15, -0.1) is 0 Å². The van der Waals surface area contributed by atoms with Crippen molar-refractivity contribution in [1.82, 2.24) is 19.2 Å². The van der Waals surface area contributed by atoms with E-state index in [9.17, 15) is 9.18 Å². The zero-order chi connectivity index (χ0) is 26.4. The van der Waals surface area contributed by atoms with Gasteiger partial charge in [0.05, 0.1) is 40.4 Å². The van der Waals surface area contributed by atoms with Crippen LogP contribution in [-0.4, -0.2) is 25.3 Å². The van der Waals surface area contributed by atoms with Gasteiger partial charge in [0.25, 0.3) is 0 Å². The quantitative estimate of drug-likeness (QED) is 0.270. The molecule has 0 saturated carbocycles. The van der Waals surface area contributed by atoms with Gasteiger partial charge in [0.15, 0.2) is 0 Å². The number of rotatable bonds is 3. The number of benzene rings is 3. The van der Waals surface area contributed by atoms with Crippen molar-refractivity contribution >= 4 is 23.3 Å². The van der Waals surface area contributed by atoms with Gasteiger partial charge in [0.1, 0.15) is 11.6 Å². The standard InChI is InChI=1S/C30H25ClFN5O/c1-19-13-14-26(25(31)16-19)33-30(38)36-18-24-20(2)34-37(23-10-4-3-5-11-23)29(24)35-15-7-12-27(35)28(36)21-8-6-9-22(32)17-21/h3-17,28H,18H2,1-2H3,(H,33,38)/t28-/m0/s1. The van der Waals surface area contributed by atoms with E-state index >= 15 is 0 Å². The zero-order valence-corrected chi connectivity index (χ0v) is 21.7. The number of nitrogens with zero attached hydrogens (tertiary/aromatic N) is 4. The summed E-state index contributed by atoms with van der Waals surface area (Å²) in [6, 6.07) is 24.7. The molecule has 3 aromatic carbocycles. The van der Waals surface area contributed by atoms with E-state index in [0.29, 0.717) is 16.3 Å². The Balaban J connectivity index is 1.54. The minimum atomic E-state index is -0.569. The highest BCUT2D eigenvalue weighted by Gasteiger charge is 2.36. The number of hydrogen-bond donors (Lipinski definition) is 1. The lowest BCUT2D eigenvalue weighted by atomic mass is 10.0. The molecule has 2 aromatic heterocycles. The van der Waals surface area contributed by atoms with Crippen LogP contribution in [0.5, 0.6) is 0 Å². The fraction of sp³-hybridized carbons (Fsp3) is 0.133. The number of halogens is 2. The fourth-order valence-corrected chi connectivity index (χ4v) is 5.37. The third kappa shape index (κ3) is 4.15. The molecule has 1 atom stereocenters. The summed E-state index contributed by atoms with van der Waals surface area (Å²) in [4.78, 5) is 15.7. The molecule has 6 rings (SSSR count). The van der Waals surface area contributed by atoms with E-state index in [2.05, 4.69) is 5.32 Å². The normalized spacial score (nSPS) is 14.5. The lowest BCUT2D eigenvalue weighted by molar-refractivity contribution is 0.194. The molecule has 2 amide bonds. The van der Waals surface area contributed by atoms with E-state index in [4.69, 9.17) is 16.7 Å². The lowest BCUT2D eigenvalue weighted by Gasteiger charge is -2.31. The van der Waals surface area contributed by atoms with Gasteiger partial charge >= 0.3 is 6.03 Å². The minimum Gasteiger partial charge on any atom is -0.307 e. The largest absolute Gasteiger partial charge is 0.323 e. The number of hydrogen-bond acceptors (Lipinski definition) is 2. The molecule has 0 fully saturated rings. The van der Waals surface area contributed by atoms with Gasteiger partial charge in [-0.1, -0.05) is 48.0 Å². The van der Waals surface area contributed by atoms with Gasteiger partial charge in [-0.3, -0.25) is 0 Å². The highest BCUT2D eigenvalue weighted by atomic mass is 35.5. The number of amides is 2. The van der Waals surface area contributed by atoms with Gasteiger partial charge in [0.2, 0.25) is 0 Å². The number of aryl methyl sites for hydroxylation is 2. The third-order valence-electron chi connectivity index (χ3n) is 6.88. The number of nitrogens with one attached hydrogen (secondary N) is 1. The van der Waals surface area contributed by atoms with E-state index in [1.54, 1.807) is 23.1 Å². The second-order valence-corrected chi connectivity index (χ2v) is 9.84. The summed E-state index contributed by atoms with van der Waals surface area (Å²) in [5.74, 6) is 0.481. The third-order valence-corrected chi connectivity index (χ3v) is 7.19. The van der Waals surface area contributed by atoms with Crippen molar-refractivity contribution in [2.75, 3.05) is 5.32 Å². The summed E-state index contributed by atoms with van der Waals surface area (Å²) < 4.78 is 18.4. The molecule has 5 aromatic rings. The summed E-state index contributed by atoms with van der Waals surface area (Å²) in [5.41, 5.74) is 5.59. The molecule has 0 radical (unpaired) electrons. The molecule has 1 aliphatic heterocycles. The Hall–Kier alpha value is -4.36. The molecule has 0 aliphatic carbocycles. The van der Waals surface area contributed by atoms with Gasteiger partial charge in [-0.2, -0.15) is 5.10 Å². The first kappa shape index (κ1) is 24.0. The van der Waals surface area contributed by atoms with Crippen LogP contribution in [-0.2, 0) is 6.54 Å². The molecule has 0 unspecified atom stereocenters. The maximum atomic E-state index is 14.5. The van der Waals surface area contributed by atoms with Gasteiger partial charge in [0, 0.05) is 11.8 Å². The van der Waals surface area contributed by atoms with Crippen LogP contribution in [0, 0.1) is 19.7 Å². The minimum absolute atomic E-state index is 0.256. The van der Waals surface area contributed by atoms with E-state index in [-0.39, 0.29) is 18.4 Å². The smallest absolute Gasteiger partial charge is 0.307 e. The lowest BCUT2D eigenvalue weighted by Crippen LogP contribution is -2.38. The van der Waals surface area contributed by atoms with Crippen LogP contribution in [0.4, 0.5) is 14.9 Å². The Morgan fingerprint density at radius 1 is 1.00 bits per heavy atom. The average Bonchev–Trinajstić information content (AvgIpc) is 3.46. The summed E-state index contributed by atoms with van der Waals surface area (Å²) in [6.45, 7) is 4.14. The van der Waals surface area contributed by atoms with E-state index in [1.165, 1.54) is 12.1 Å². The molecule has 190 valence electrons. The van der Waals surface area contributed by atoms with Crippen LogP contribution >= 0.6 is 11.6 Å². The van der Waals surface area contributed by atoms with Crippen LogP contribution in [0.3, 0.4) is 0 Å². The van der Waals surface area contributed by atoms with Crippen molar-refractivity contribution in [1.29, 1.82) is 0 Å². The Kier molecular flexibility index (Phi) is 6.00. The van der Waals surface area contributed by atoms with Gasteiger partial charge < -0.3 is 14.8 Å². The molecule has 0 saturated heterocycles. The number of fused-ring (bicyclic) bond motifs is 3. The van der Waals surface area contributed by atoms with E-state index in [0.717, 1.165) is 34.0 Å². The van der Waals surface area contributed by atoms with Crippen molar-refractivity contribution < 1.29 is 9.18 Å². The molecule has 0 spiro atoms. The Bertz CT molecular complexity index is 1660. The second kappa shape index (κ2) is 9.50. The molecular formula is C30H25ClFN5O. The second-order valence-electron chi connectivity index (χ2n) is 9.44. The van der Waals surface area contributed by atoms with Crippen molar-refractivity contribution in [2.45, 2.75) is 26.4 Å². The number of carbonyl (C=O) groups excluding carboxylic acids is 1. The number of urea groups is 1. The SMILES string of the molecule is Cc1ccc(NC(=O)N2Cc3c(C)nn(-c4ccccc4)c3-n3cccc3[C@@H]2c2cccc(F)c2)c(Cl)c1. The number of anilines is 1. The highest BCUT2D eigenvalue weighted by molar-refractivity contribution is 6.33. The topological polar surface area (TPSA) is 55.1 Å². The number of carbonyl (C=O) groups is 1. The van der Waals surface area contributed by atoms with Crippen LogP contribution in [0.2, 0.25) is 5.02 Å². The molecule has 1 aliphatic rings. The molecule has 6 nitrogen and oxygen atoms in total. The Morgan fingerprint density at radius 3 is 2.58 bits per heavy atom. The van der Waals surface area contributed by atoms with Gasteiger partial charge in [-0.25, -0.2) is 13.9 Å². The molecule has 8 heteroatoms. The predicted octanol–water partition coefficient (Wildman–Crippen LogP) is 7.21. The first-order valence-corrected chi connectivity index (χ1v) is 12.7. The maximum absolute atomic E-state index is 14.5. The van der Waals surface area contributed by atoms with E-state index in [1.807, 2.05) is 83.9 Å². The summed E-state index contributed by atoms with van der Waals surface area (Å²) in [5, 5.41) is 8.29. The summed E-state index contributed by atoms with van der Waals surface area (Å²) in [7, 11) is 0. The fourth-order valence-electron chi connectivity index (χ4n) is 5.09. The first-order valence-electron chi connectivity index (χ1n) is 12.3. The molecule has 0 bridgehead atoms. The van der Waals surface area contributed by atoms with Crippen LogP contribution in [0.1, 0.15) is 34.1 Å². The zero-order valence-electron chi connectivity index (χ0n) is 20.9. The monoisotopic (exact) mass is 525 g/mol. The number of aromatic nitrogens is 3. The predicted molar refractivity (Wildman–Crippen MR) is 147 cm³/mol. The molecule has 3 heterocycles. The van der Waals surface area contributed by atoms with Crippen LogP contribution in [0.15, 0.2) is 91.1 Å². The maximum Gasteiger partial charge on any atom is 0.323 e. The summed E-state index contributed by atoms with van der Waals surface area (Å²) in [6.07, 6.45) is 1.96. The first-order chi connectivity index (χ1) is 18.4. The molecule has 38 heavy (non-hydrogen) atoms. The highest BCUT2D eigenvalue weighted by Crippen LogP contribution is 2.39. The van der Waals surface area contributed by atoms with Crippen molar-refractivity contribution in [2.24, 2.45) is 0 Å². The van der Waals surface area contributed by atoms with Crippen molar-refractivity contribution in [3.8, 4) is 11.5 Å². The summed E-state index contributed by atoms with van der Waals surface area (Å²) >= 11 is 6.46. The van der Waals surface area contributed by atoms with Crippen LogP contribution in [0.25, 0.3) is 11.5 Å². The van der Waals surface area contributed by atoms with Crippen LogP contribution < -0.4 is 5.32 Å².